The van der Waals surface area contributed by atoms with E-state index >= 15 is 0 Å². The van der Waals surface area contributed by atoms with Crippen LogP contribution in [0.2, 0.25) is 0 Å². The number of nitrogens with two attached hydrogens (primary N) is 1. The molecule has 0 amide bonds. The summed E-state index contributed by atoms with van der Waals surface area (Å²) in [6, 6.07) is 0. The van der Waals surface area contributed by atoms with Crippen molar-refractivity contribution in [2.75, 3.05) is 5.73 Å². The zero-order chi connectivity index (χ0) is 5.98. The van der Waals surface area contributed by atoms with E-state index in [0.717, 1.165) is 4.47 Å². The predicted octanol–water partition coefficient (Wildman–Crippen LogP) is 0.821. The summed E-state index contributed by atoms with van der Waals surface area (Å²) in [7, 11) is 0. The van der Waals surface area contributed by atoms with Gasteiger partial charge in [-0.25, -0.2) is 0 Å². The third-order valence-electron chi connectivity index (χ3n) is 0.710. The summed E-state index contributed by atoms with van der Waals surface area (Å²) in [5, 5.41) is 7.11. The number of nitrogens with zero attached hydrogens (tertiary/aromatic N) is 2. The predicted molar refractivity (Wildman–Crippen MR) is 34.1 cm³/mol. The molecule has 0 atom stereocenters. The first-order chi connectivity index (χ1) is 3.80. The summed E-state index contributed by atoms with van der Waals surface area (Å²) in [6.07, 6.45) is 3.04. The molecule has 0 fully saturated rings. The number of hydrogen-bond acceptors (Lipinski definition) is 3. The van der Waals surface area contributed by atoms with Crippen LogP contribution in [0.3, 0.4) is 0 Å². The van der Waals surface area contributed by atoms with Gasteiger partial charge in [0.1, 0.15) is 0 Å². The van der Waals surface area contributed by atoms with Crippen molar-refractivity contribution < 1.29 is 0 Å². The first-order valence-electron chi connectivity index (χ1n) is 2.02. The van der Waals surface area contributed by atoms with Crippen LogP contribution in [0.25, 0.3) is 0 Å². The van der Waals surface area contributed by atoms with Crippen molar-refractivity contribution in [3.8, 4) is 0 Å². The molecule has 0 radical (unpaired) electrons. The minimum absolute atomic E-state index is 0.611. The van der Waals surface area contributed by atoms with Gasteiger partial charge >= 0.3 is 0 Å². The normalized spacial score (nSPS) is 9.12. The third kappa shape index (κ3) is 0.949. The summed E-state index contributed by atoms with van der Waals surface area (Å²) in [4.78, 5) is 0. The van der Waals surface area contributed by atoms with E-state index in [2.05, 4.69) is 26.1 Å². The van der Waals surface area contributed by atoms with Gasteiger partial charge in [0, 0.05) is 0 Å². The van der Waals surface area contributed by atoms with E-state index in [0.29, 0.717) is 5.69 Å². The lowest BCUT2D eigenvalue weighted by atomic mass is 10.5. The second-order valence-corrected chi connectivity index (χ2v) is 2.15. The van der Waals surface area contributed by atoms with Crippen molar-refractivity contribution in [3.63, 3.8) is 0 Å². The summed E-state index contributed by atoms with van der Waals surface area (Å²) < 4.78 is 0.785. The lowest BCUT2D eigenvalue weighted by Gasteiger charge is -1.89. The molecule has 0 bridgehead atoms. The van der Waals surface area contributed by atoms with Crippen LogP contribution in [0.5, 0.6) is 0 Å². The van der Waals surface area contributed by atoms with Crippen LogP contribution in [0.1, 0.15) is 0 Å². The van der Waals surface area contributed by atoms with Gasteiger partial charge in [-0.2, -0.15) is 10.2 Å². The maximum atomic E-state index is 5.37. The monoisotopic (exact) mass is 173 g/mol. The maximum absolute atomic E-state index is 5.37. The number of rotatable bonds is 0. The third-order valence-corrected chi connectivity index (χ3v) is 1.37. The minimum Gasteiger partial charge on any atom is -0.396 e. The van der Waals surface area contributed by atoms with Crippen molar-refractivity contribution in [1.82, 2.24) is 10.2 Å². The SMILES string of the molecule is Nc1cnncc1Br. The molecule has 0 spiro atoms. The van der Waals surface area contributed by atoms with E-state index in [9.17, 15) is 0 Å². The molecule has 8 heavy (non-hydrogen) atoms. The standard InChI is InChI=1S/C4H4BrN3/c5-3-1-7-8-2-4(3)6/h1-2H,(H2,6,7). The fraction of sp³-hybridized carbons (Fsp3) is 0. The first-order valence-corrected chi connectivity index (χ1v) is 2.81. The Hall–Kier alpha value is -0.640. The van der Waals surface area contributed by atoms with E-state index in [4.69, 9.17) is 5.73 Å². The van der Waals surface area contributed by atoms with Crippen LogP contribution in [0.4, 0.5) is 5.69 Å². The summed E-state index contributed by atoms with van der Waals surface area (Å²) >= 11 is 3.17. The molecular weight excluding hydrogens is 170 g/mol. The molecule has 2 N–H and O–H groups in total. The molecule has 1 rings (SSSR count). The molecule has 0 aliphatic rings. The molecule has 0 aliphatic heterocycles. The van der Waals surface area contributed by atoms with Crippen LogP contribution in [0, 0.1) is 0 Å². The Labute approximate surface area is 55.0 Å². The number of anilines is 1. The molecule has 0 unspecified atom stereocenters. The van der Waals surface area contributed by atoms with Gasteiger partial charge in [-0.05, 0) is 15.9 Å². The fourth-order valence-corrected chi connectivity index (χ4v) is 0.510. The lowest BCUT2D eigenvalue weighted by molar-refractivity contribution is 1.03. The maximum Gasteiger partial charge on any atom is 0.0737 e. The highest BCUT2D eigenvalue weighted by molar-refractivity contribution is 9.10. The van der Waals surface area contributed by atoms with Gasteiger partial charge in [-0.3, -0.25) is 0 Å². The Morgan fingerprint density at radius 3 is 2.38 bits per heavy atom. The number of halogens is 1. The Bertz CT molecular complexity index is 167. The van der Waals surface area contributed by atoms with Crippen LogP contribution < -0.4 is 5.73 Å². The molecule has 1 aromatic heterocycles. The van der Waals surface area contributed by atoms with Crippen LogP contribution in [0.15, 0.2) is 16.9 Å². The van der Waals surface area contributed by atoms with E-state index in [1.165, 1.54) is 6.20 Å². The van der Waals surface area contributed by atoms with Gasteiger partial charge in [0.2, 0.25) is 0 Å². The number of nitrogen functional groups attached to an aromatic ring is 1. The second-order valence-electron chi connectivity index (χ2n) is 1.29. The van der Waals surface area contributed by atoms with E-state index in [1.807, 2.05) is 0 Å². The average Bonchev–Trinajstić information content (AvgIpc) is 1.77. The quantitative estimate of drug-likeness (QED) is 0.633. The molecular formula is C4H4BrN3. The highest BCUT2D eigenvalue weighted by Crippen LogP contribution is 2.13. The molecule has 42 valence electrons. The minimum atomic E-state index is 0.611. The van der Waals surface area contributed by atoms with E-state index in [-0.39, 0.29) is 0 Å². The Balaban J connectivity index is 3.13. The molecule has 1 heterocycles. The average molecular weight is 174 g/mol. The molecule has 0 aromatic carbocycles. The van der Waals surface area contributed by atoms with Crippen LogP contribution >= 0.6 is 15.9 Å². The number of aromatic nitrogens is 2. The van der Waals surface area contributed by atoms with Crippen molar-refractivity contribution >= 4 is 21.6 Å². The highest BCUT2D eigenvalue weighted by Gasteiger charge is 1.89. The van der Waals surface area contributed by atoms with Gasteiger partial charge in [-0.15, -0.1) is 0 Å². The fourth-order valence-electron chi connectivity index (χ4n) is 0.316. The Morgan fingerprint density at radius 1 is 1.38 bits per heavy atom. The Morgan fingerprint density at radius 2 is 2.00 bits per heavy atom. The zero-order valence-corrected chi connectivity index (χ0v) is 5.59. The summed E-state index contributed by atoms with van der Waals surface area (Å²) in [5.74, 6) is 0. The lowest BCUT2D eigenvalue weighted by Crippen LogP contribution is -1.88. The molecule has 0 saturated carbocycles. The smallest absolute Gasteiger partial charge is 0.0737 e. The van der Waals surface area contributed by atoms with E-state index < -0.39 is 0 Å². The van der Waals surface area contributed by atoms with Gasteiger partial charge in [0.05, 0.1) is 22.6 Å². The first kappa shape index (κ1) is 5.50. The van der Waals surface area contributed by atoms with Gasteiger partial charge in [0.25, 0.3) is 0 Å². The highest BCUT2D eigenvalue weighted by atomic mass is 79.9. The molecule has 3 nitrogen and oxygen atoms in total. The van der Waals surface area contributed by atoms with Crippen LogP contribution in [-0.4, -0.2) is 10.2 Å². The molecule has 4 heteroatoms. The van der Waals surface area contributed by atoms with Crippen molar-refractivity contribution in [1.29, 1.82) is 0 Å². The topological polar surface area (TPSA) is 51.8 Å². The molecule has 0 saturated heterocycles. The van der Waals surface area contributed by atoms with Crippen molar-refractivity contribution in [2.45, 2.75) is 0 Å². The largest absolute Gasteiger partial charge is 0.396 e. The number of hydrogen-bond donors (Lipinski definition) is 1. The van der Waals surface area contributed by atoms with Gasteiger partial charge in [0.15, 0.2) is 0 Å². The summed E-state index contributed by atoms with van der Waals surface area (Å²) in [5.41, 5.74) is 5.98. The Kier molecular flexibility index (Phi) is 1.43. The van der Waals surface area contributed by atoms with Crippen molar-refractivity contribution in [2.24, 2.45) is 0 Å². The van der Waals surface area contributed by atoms with Gasteiger partial charge < -0.3 is 5.73 Å². The van der Waals surface area contributed by atoms with Crippen molar-refractivity contribution in [3.05, 3.63) is 16.9 Å². The van der Waals surface area contributed by atoms with Gasteiger partial charge in [-0.1, -0.05) is 0 Å². The van der Waals surface area contributed by atoms with E-state index in [1.54, 1.807) is 6.20 Å². The molecule has 1 aromatic rings. The summed E-state index contributed by atoms with van der Waals surface area (Å²) in [6.45, 7) is 0. The second kappa shape index (κ2) is 2.09. The molecule has 0 aliphatic carbocycles. The zero-order valence-electron chi connectivity index (χ0n) is 4.00. The van der Waals surface area contributed by atoms with Crippen LogP contribution in [-0.2, 0) is 0 Å².